The van der Waals surface area contributed by atoms with E-state index in [1.165, 1.54) is 0 Å². The maximum Gasteiger partial charge on any atom is 0.256 e. The highest BCUT2D eigenvalue weighted by molar-refractivity contribution is 6.33. The third-order valence-corrected chi connectivity index (χ3v) is 6.56. The molecule has 2 atom stereocenters. The Morgan fingerprint density at radius 2 is 1.69 bits per heavy atom. The third kappa shape index (κ3) is 4.66. The van der Waals surface area contributed by atoms with E-state index in [0.717, 1.165) is 11.3 Å². The summed E-state index contributed by atoms with van der Waals surface area (Å²) in [5.74, 6) is -0.389. The summed E-state index contributed by atoms with van der Waals surface area (Å²) >= 11 is 18.8. The van der Waals surface area contributed by atoms with Gasteiger partial charge in [0.1, 0.15) is 0 Å². The number of nitrogen functional groups attached to an aromatic ring is 1. The maximum absolute atomic E-state index is 13.2. The maximum atomic E-state index is 13.2. The molecular formula is C24H22Cl3N3O2. The molecule has 4 rings (SSSR count). The number of amides is 1. The van der Waals surface area contributed by atoms with E-state index in [0.29, 0.717) is 46.0 Å². The molecule has 0 spiro atoms. The molecule has 8 heteroatoms. The zero-order valence-electron chi connectivity index (χ0n) is 17.1. The average Bonchev–Trinajstić information content (AvgIpc) is 2.79. The zero-order valence-corrected chi connectivity index (χ0v) is 19.4. The van der Waals surface area contributed by atoms with Gasteiger partial charge in [0, 0.05) is 40.9 Å². The molecule has 0 aliphatic carbocycles. The number of halogens is 3. The van der Waals surface area contributed by atoms with E-state index in [1.807, 2.05) is 30.3 Å². The Labute approximate surface area is 201 Å². The summed E-state index contributed by atoms with van der Waals surface area (Å²) in [7, 11) is 0. The van der Waals surface area contributed by atoms with E-state index >= 15 is 0 Å². The minimum absolute atomic E-state index is 0.190. The molecule has 1 amide bonds. The predicted molar refractivity (Wildman–Crippen MR) is 130 cm³/mol. The number of aliphatic hydroxyl groups excluding tert-OH is 1. The number of benzene rings is 3. The van der Waals surface area contributed by atoms with Gasteiger partial charge < -0.3 is 20.6 Å². The van der Waals surface area contributed by atoms with Gasteiger partial charge in [-0.15, -0.1) is 0 Å². The lowest BCUT2D eigenvalue weighted by molar-refractivity contribution is -0.141. The van der Waals surface area contributed by atoms with Crippen molar-refractivity contribution in [2.45, 2.75) is 12.1 Å². The highest BCUT2D eigenvalue weighted by Gasteiger charge is 2.34. The predicted octanol–water partition coefficient (Wildman–Crippen LogP) is 5.35. The largest absolute Gasteiger partial charge is 0.399 e. The second kappa shape index (κ2) is 9.59. The van der Waals surface area contributed by atoms with Crippen molar-refractivity contribution in [2.75, 3.05) is 30.3 Å². The molecule has 1 saturated heterocycles. The fraction of sp³-hybridized carbons (Fsp3) is 0.208. The minimum atomic E-state index is -1.33. The van der Waals surface area contributed by atoms with Gasteiger partial charge in [-0.3, -0.25) is 4.79 Å². The van der Waals surface area contributed by atoms with E-state index < -0.39 is 6.10 Å². The molecular weight excluding hydrogens is 469 g/mol. The molecule has 0 aromatic heterocycles. The summed E-state index contributed by atoms with van der Waals surface area (Å²) in [6, 6.07) is 19.5. The number of hydrogen-bond donors (Lipinski definition) is 2. The first kappa shape index (κ1) is 22.7. The number of nitrogens with zero attached hydrogens (tertiary/aromatic N) is 2. The Kier molecular flexibility index (Phi) is 6.82. The molecule has 1 aliphatic heterocycles. The van der Waals surface area contributed by atoms with Crippen LogP contribution in [-0.4, -0.2) is 35.5 Å². The van der Waals surface area contributed by atoms with Crippen molar-refractivity contribution in [3.63, 3.8) is 0 Å². The van der Waals surface area contributed by atoms with Gasteiger partial charge in [-0.1, -0.05) is 65.1 Å². The summed E-state index contributed by atoms with van der Waals surface area (Å²) in [5, 5.41) is 12.3. The van der Waals surface area contributed by atoms with E-state index in [1.54, 1.807) is 41.3 Å². The summed E-state index contributed by atoms with van der Waals surface area (Å²) in [4.78, 5) is 17.0. The Balaban J connectivity index is 1.65. The lowest BCUT2D eigenvalue weighted by Gasteiger charge is -2.44. The first-order chi connectivity index (χ1) is 15.3. The molecule has 0 bridgehead atoms. The van der Waals surface area contributed by atoms with Gasteiger partial charge in [-0.25, -0.2) is 0 Å². The Morgan fingerprint density at radius 3 is 2.38 bits per heavy atom. The van der Waals surface area contributed by atoms with Crippen LogP contribution < -0.4 is 10.6 Å². The highest BCUT2D eigenvalue weighted by atomic mass is 35.5. The smallest absolute Gasteiger partial charge is 0.256 e. The molecule has 3 aromatic carbocycles. The number of carbonyl (C=O) groups excluding carboxylic acids is 1. The topological polar surface area (TPSA) is 69.8 Å². The SMILES string of the molecule is Nc1ccc(N2CCN(C(=O)C(O)c3ccccc3Cl)CC2c2ccc(Cl)cc2)c(Cl)c1. The van der Waals surface area contributed by atoms with Gasteiger partial charge in [-0.05, 0) is 42.0 Å². The number of piperazine rings is 1. The Morgan fingerprint density at radius 1 is 0.969 bits per heavy atom. The Hall–Kier alpha value is -2.44. The number of nitrogens with two attached hydrogens (primary N) is 1. The monoisotopic (exact) mass is 489 g/mol. The molecule has 166 valence electrons. The van der Waals surface area contributed by atoms with Gasteiger partial charge >= 0.3 is 0 Å². The molecule has 3 aromatic rings. The van der Waals surface area contributed by atoms with Gasteiger partial charge in [0.2, 0.25) is 0 Å². The molecule has 5 nitrogen and oxygen atoms in total. The molecule has 1 heterocycles. The van der Waals surface area contributed by atoms with Gasteiger partial charge in [0.25, 0.3) is 5.91 Å². The van der Waals surface area contributed by atoms with Crippen LogP contribution in [0.4, 0.5) is 11.4 Å². The molecule has 0 radical (unpaired) electrons. The number of rotatable bonds is 4. The van der Waals surface area contributed by atoms with Crippen molar-refractivity contribution >= 4 is 52.1 Å². The molecule has 1 aliphatic rings. The van der Waals surface area contributed by atoms with Crippen LogP contribution in [-0.2, 0) is 4.79 Å². The van der Waals surface area contributed by atoms with Crippen molar-refractivity contribution in [3.05, 3.63) is 92.9 Å². The van der Waals surface area contributed by atoms with E-state index in [4.69, 9.17) is 40.5 Å². The Bertz CT molecular complexity index is 1120. The van der Waals surface area contributed by atoms with Crippen LogP contribution in [0.2, 0.25) is 15.1 Å². The van der Waals surface area contributed by atoms with E-state index in [2.05, 4.69) is 4.90 Å². The normalized spacial score (nSPS) is 17.3. The first-order valence-corrected chi connectivity index (χ1v) is 11.3. The fourth-order valence-corrected chi connectivity index (χ4v) is 4.66. The van der Waals surface area contributed by atoms with Gasteiger partial charge in [0.15, 0.2) is 6.10 Å². The molecule has 32 heavy (non-hydrogen) atoms. The van der Waals surface area contributed by atoms with E-state index in [9.17, 15) is 9.90 Å². The quantitative estimate of drug-likeness (QED) is 0.484. The van der Waals surface area contributed by atoms with Crippen molar-refractivity contribution in [1.82, 2.24) is 4.90 Å². The number of aliphatic hydroxyl groups is 1. The molecule has 1 fully saturated rings. The molecule has 2 unspecified atom stereocenters. The van der Waals surface area contributed by atoms with Crippen molar-refractivity contribution in [2.24, 2.45) is 0 Å². The number of hydrogen-bond acceptors (Lipinski definition) is 4. The van der Waals surface area contributed by atoms with Crippen LogP contribution in [0.15, 0.2) is 66.7 Å². The minimum Gasteiger partial charge on any atom is -0.399 e. The van der Waals surface area contributed by atoms with Crippen LogP contribution in [0.1, 0.15) is 23.3 Å². The van der Waals surface area contributed by atoms with Gasteiger partial charge in [-0.2, -0.15) is 0 Å². The summed E-state index contributed by atoms with van der Waals surface area (Å²) in [5.41, 5.74) is 8.66. The second-order valence-corrected chi connectivity index (χ2v) is 8.93. The zero-order chi connectivity index (χ0) is 22.8. The van der Waals surface area contributed by atoms with Crippen LogP contribution in [0.3, 0.4) is 0 Å². The summed E-state index contributed by atoms with van der Waals surface area (Å²) < 4.78 is 0. The van der Waals surface area contributed by atoms with Gasteiger partial charge in [0.05, 0.1) is 16.8 Å². The standard InChI is InChI=1S/C24H22Cl3N3O2/c25-16-7-5-15(6-8-16)22-14-29(24(32)23(31)18-3-1-2-4-19(18)26)11-12-30(22)21-10-9-17(28)13-20(21)27/h1-10,13,22-23,31H,11-12,14,28H2. The second-order valence-electron chi connectivity index (χ2n) is 7.68. The fourth-order valence-electron chi connectivity index (χ4n) is 4.00. The summed E-state index contributed by atoms with van der Waals surface area (Å²) in [6.07, 6.45) is -1.33. The average molecular weight is 491 g/mol. The van der Waals surface area contributed by atoms with Crippen molar-refractivity contribution < 1.29 is 9.90 Å². The summed E-state index contributed by atoms with van der Waals surface area (Å²) in [6.45, 7) is 1.31. The lowest BCUT2D eigenvalue weighted by Crippen LogP contribution is -2.51. The lowest BCUT2D eigenvalue weighted by atomic mass is 10.00. The van der Waals surface area contributed by atoms with Crippen LogP contribution in [0.5, 0.6) is 0 Å². The van der Waals surface area contributed by atoms with Crippen molar-refractivity contribution in [1.29, 1.82) is 0 Å². The number of carbonyl (C=O) groups is 1. The highest BCUT2D eigenvalue weighted by Crippen LogP contribution is 2.37. The van der Waals surface area contributed by atoms with Crippen LogP contribution >= 0.6 is 34.8 Å². The van der Waals surface area contributed by atoms with Crippen molar-refractivity contribution in [3.8, 4) is 0 Å². The molecule has 0 saturated carbocycles. The van der Waals surface area contributed by atoms with Crippen LogP contribution in [0, 0.1) is 0 Å². The molecule has 3 N–H and O–H groups in total. The number of anilines is 2. The van der Waals surface area contributed by atoms with E-state index in [-0.39, 0.29) is 11.9 Å². The first-order valence-electron chi connectivity index (χ1n) is 10.1. The van der Waals surface area contributed by atoms with Crippen LogP contribution in [0.25, 0.3) is 0 Å². The third-order valence-electron chi connectivity index (χ3n) is 5.66.